The summed E-state index contributed by atoms with van der Waals surface area (Å²) >= 11 is 0. The number of hydrogen-bond donors (Lipinski definition) is 6. The number of rotatable bonds is 2. The molecule has 1 saturated carbocycles. The number of ketones is 2. The van der Waals surface area contributed by atoms with Crippen molar-refractivity contribution in [2.75, 3.05) is 14.1 Å². The van der Waals surface area contributed by atoms with Crippen LogP contribution in [-0.4, -0.2) is 85.2 Å². The van der Waals surface area contributed by atoms with E-state index in [4.69, 9.17) is 5.73 Å². The molecule has 6 atom stereocenters. The molecule has 0 aliphatic heterocycles. The van der Waals surface area contributed by atoms with E-state index in [2.05, 4.69) is 0 Å². The predicted octanol–water partition coefficient (Wildman–Crippen LogP) is -0.907. The number of carbonyl (C=O) groups excluding carboxylic acids is 3. The Kier molecular flexibility index (Phi) is 6.96. The number of fused-ring (bicyclic) bond motifs is 3. The molecule has 0 saturated heterocycles. The maximum Gasteiger partial charge on any atom is 0.255 e. The van der Waals surface area contributed by atoms with E-state index in [1.165, 1.54) is 25.1 Å². The Balaban J connectivity index is 0.00000204. The van der Waals surface area contributed by atoms with Crippen molar-refractivity contribution in [2.45, 2.75) is 30.6 Å². The average molecular weight is 499 g/mol. The Hall–Kier alpha value is -2.96. The summed E-state index contributed by atoms with van der Waals surface area (Å²) < 4.78 is 0. The number of aliphatic hydroxyl groups excluding tert-OH is 3. The highest BCUT2D eigenvalue weighted by molar-refractivity contribution is 6.24. The summed E-state index contributed by atoms with van der Waals surface area (Å²) in [4.78, 5) is 40.0. The zero-order chi connectivity index (χ0) is 23.9. The summed E-state index contributed by atoms with van der Waals surface area (Å²) in [6, 6.07) is 3.13. The van der Waals surface area contributed by atoms with Gasteiger partial charge in [0.05, 0.1) is 23.6 Å². The van der Waals surface area contributed by atoms with Gasteiger partial charge in [-0.1, -0.05) is 19.1 Å². The number of halogens is 1. The van der Waals surface area contributed by atoms with E-state index in [9.17, 15) is 39.9 Å². The van der Waals surface area contributed by atoms with Gasteiger partial charge < -0.3 is 36.7 Å². The van der Waals surface area contributed by atoms with Crippen molar-refractivity contribution in [1.82, 2.24) is 4.90 Å². The molecule has 1 aromatic carbocycles. The van der Waals surface area contributed by atoms with E-state index < -0.39 is 75.6 Å². The first-order valence-corrected chi connectivity index (χ1v) is 10.0. The fourth-order valence-electron chi connectivity index (χ4n) is 5.58. The van der Waals surface area contributed by atoms with Crippen molar-refractivity contribution in [1.29, 1.82) is 0 Å². The summed E-state index contributed by atoms with van der Waals surface area (Å²) in [6.07, 6.45) is -1.59. The second-order valence-corrected chi connectivity index (χ2v) is 8.79. The Morgan fingerprint density at radius 1 is 1.15 bits per heavy atom. The van der Waals surface area contributed by atoms with Crippen molar-refractivity contribution in [3.63, 3.8) is 0 Å². The van der Waals surface area contributed by atoms with Crippen LogP contribution in [0.3, 0.4) is 0 Å². The molecular weight excluding hydrogens is 472 g/mol. The maximum atomic E-state index is 13.7. The monoisotopic (exact) mass is 498 g/mol. The molecule has 0 aromatic heterocycles. The molecule has 1 amide bonds. The first kappa shape index (κ1) is 27.3. The van der Waals surface area contributed by atoms with Crippen LogP contribution < -0.4 is 5.73 Å². The quantitative estimate of drug-likeness (QED) is 0.278. The Morgan fingerprint density at radius 2 is 1.74 bits per heavy atom. The van der Waals surface area contributed by atoms with Crippen LogP contribution in [0.15, 0.2) is 35.1 Å². The molecule has 0 heterocycles. The number of Topliss-reactive ketones (excluding diaryl/α,β-unsaturated/α-hetero) is 2. The number of phenols is 1. The number of nitrogens with zero attached hydrogens (tertiary/aromatic N) is 1. The lowest BCUT2D eigenvalue weighted by molar-refractivity contribution is -0.169. The van der Waals surface area contributed by atoms with Crippen molar-refractivity contribution in [3.05, 3.63) is 46.2 Å². The summed E-state index contributed by atoms with van der Waals surface area (Å²) in [5.41, 5.74) is 1.47. The van der Waals surface area contributed by atoms with E-state index in [1.807, 2.05) is 0 Å². The Labute approximate surface area is 200 Å². The van der Waals surface area contributed by atoms with Gasteiger partial charge >= 0.3 is 0 Å². The van der Waals surface area contributed by atoms with Gasteiger partial charge in [0.25, 0.3) is 5.91 Å². The molecule has 0 spiro atoms. The van der Waals surface area contributed by atoms with Gasteiger partial charge in [-0.15, -0.1) is 12.4 Å². The van der Waals surface area contributed by atoms with Gasteiger partial charge in [0.15, 0.2) is 11.4 Å². The van der Waals surface area contributed by atoms with Gasteiger partial charge in [-0.05, 0) is 31.6 Å². The van der Waals surface area contributed by atoms with E-state index in [0.29, 0.717) is 5.56 Å². The van der Waals surface area contributed by atoms with Crippen LogP contribution in [0.2, 0.25) is 0 Å². The summed E-state index contributed by atoms with van der Waals surface area (Å²) in [7, 11) is 2.92. The van der Waals surface area contributed by atoms with Gasteiger partial charge in [-0.3, -0.25) is 19.3 Å². The zero-order valence-electron chi connectivity index (χ0n) is 18.5. The number of likely N-dealkylation sites (N-methyl/N-ethyl adjacent to an activating group) is 1. The number of amides is 1. The molecule has 1 aromatic rings. The normalized spacial score (nSPS) is 32.4. The van der Waals surface area contributed by atoms with E-state index in [-0.39, 0.29) is 29.2 Å². The third-order valence-corrected chi connectivity index (χ3v) is 6.99. The van der Waals surface area contributed by atoms with E-state index in [0.717, 1.165) is 0 Å². The molecule has 11 nitrogen and oxygen atoms in total. The molecule has 3 aliphatic carbocycles. The topological polar surface area (TPSA) is 213 Å². The molecule has 9 N–H and O–H groups in total. The van der Waals surface area contributed by atoms with Crippen molar-refractivity contribution in [2.24, 2.45) is 17.6 Å². The largest absolute Gasteiger partial charge is 0.508 e. The van der Waals surface area contributed by atoms with Crippen molar-refractivity contribution >= 4 is 35.6 Å². The highest BCUT2D eigenvalue weighted by Crippen LogP contribution is 2.55. The van der Waals surface area contributed by atoms with Crippen LogP contribution >= 0.6 is 12.4 Å². The minimum atomic E-state index is -2.89. The van der Waals surface area contributed by atoms with Gasteiger partial charge in [0.1, 0.15) is 22.8 Å². The molecule has 12 heteroatoms. The number of aliphatic hydroxyl groups is 4. The molecule has 0 bridgehead atoms. The van der Waals surface area contributed by atoms with Crippen molar-refractivity contribution < 1.29 is 45.4 Å². The minimum absolute atomic E-state index is 0. The lowest BCUT2D eigenvalue weighted by Gasteiger charge is -2.53. The van der Waals surface area contributed by atoms with Crippen molar-refractivity contribution in [3.8, 4) is 5.75 Å². The second kappa shape index (κ2) is 8.67. The number of nitrogens with two attached hydrogens (primary N) is 1. The molecule has 34 heavy (non-hydrogen) atoms. The molecular formula is C22H27ClN2O9. The smallest absolute Gasteiger partial charge is 0.255 e. The van der Waals surface area contributed by atoms with Crippen LogP contribution in [0.1, 0.15) is 24.0 Å². The molecule has 3 aliphatic rings. The number of aromatic hydroxyl groups is 1. The summed E-state index contributed by atoms with van der Waals surface area (Å²) in [5.74, 6) is -8.87. The highest BCUT2D eigenvalue weighted by Gasteiger charge is 2.68. The van der Waals surface area contributed by atoms with E-state index >= 15 is 0 Å². The third-order valence-electron chi connectivity index (χ3n) is 6.99. The van der Waals surface area contributed by atoms with Crippen LogP contribution in [0.25, 0.3) is 5.76 Å². The summed E-state index contributed by atoms with van der Waals surface area (Å²) in [5, 5.41) is 54.9. The predicted molar refractivity (Wildman–Crippen MR) is 121 cm³/mol. The zero-order valence-corrected chi connectivity index (χ0v) is 19.3. The van der Waals surface area contributed by atoms with E-state index in [1.54, 1.807) is 19.1 Å². The van der Waals surface area contributed by atoms with Crippen LogP contribution in [0.5, 0.6) is 5.75 Å². The fraction of sp³-hybridized carbons (Fsp3) is 0.409. The van der Waals surface area contributed by atoms with Gasteiger partial charge in [0, 0.05) is 11.5 Å². The van der Waals surface area contributed by atoms with Crippen LogP contribution in [0.4, 0.5) is 0 Å². The fourth-order valence-corrected chi connectivity index (χ4v) is 5.58. The Morgan fingerprint density at radius 3 is 2.26 bits per heavy atom. The molecule has 186 valence electrons. The first-order chi connectivity index (χ1) is 14.9. The number of carbonyl (C=O) groups is 3. The maximum absolute atomic E-state index is 13.7. The standard InChI is InChI=1S/C22H24N2O8.ClH.H2O/c1-7-8-5-4-6-9(25)11(8)16(26)12-10(7)17(27)14-15(24(2)3)18(28)13(21(23)31)20(30)22(14,32)19(12)29;;/h4-7,10,14-15,17,25-27,30,32H,1-3H3,(H2,23,31);1H;1H2/t7-,10+,14-,15-,17-,22-;;/m0../s1. The minimum Gasteiger partial charge on any atom is -0.508 e. The number of phenolic OH excluding ortho intramolecular Hbond substituents is 1. The Bertz CT molecular complexity index is 1150. The van der Waals surface area contributed by atoms with Gasteiger partial charge in [0.2, 0.25) is 5.78 Å². The summed E-state index contributed by atoms with van der Waals surface area (Å²) in [6.45, 7) is 1.68. The second-order valence-electron chi connectivity index (χ2n) is 8.79. The SMILES string of the molecule is C[C@H]1c2cccc(O)c2C(O)=C2C(=O)[C@]3(O)C(O)=C(C(N)=O)C(=O)[C@@H](N(C)C)[C@H]3[C@@H](O)[C@@H]21.Cl.O. The number of hydrogen-bond acceptors (Lipinski definition) is 9. The average Bonchev–Trinajstić information content (AvgIpc) is 2.70. The lowest BCUT2D eigenvalue weighted by atomic mass is 9.54. The molecule has 0 unspecified atom stereocenters. The molecule has 1 fully saturated rings. The lowest BCUT2D eigenvalue weighted by Crippen LogP contribution is -2.70. The number of benzene rings is 1. The molecule has 0 radical (unpaired) electrons. The molecule has 4 rings (SSSR count). The third kappa shape index (κ3) is 3.16. The van der Waals surface area contributed by atoms with Gasteiger partial charge in [-0.2, -0.15) is 0 Å². The highest BCUT2D eigenvalue weighted by atomic mass is 35.5. The van der Waals surface area contributed by atoms with Gasteiger partial charge in [-0.25, -0.2) is 0 Å². The first-order valence-electron chi connectivity index (χ1n) is 10.0. The van der Waals surface area contributed by atoms with Crippen LogP contribution in [0, 0.1) is 11.8 Å². The van der Waals surface area contributed by atoms with Crippen LogP contribution in [-0.2, 0) is 14.4 Å². The number of primary amides is 1.